The monoisotopic (exact) mass is 290 g/mol. The maximum Gasteiger partial charge on any atom is 0.244 e. The number of nitriles is 1. The molecule has 1 amide bonds. The van der Waals surface area contributed by atoms with E-state index in [1.54, 1.807) is 6.07 Å². The molecule has 4 nitrogen and oxygen atoms in total. The molecule has 0 saturated heterocycles. The molecule has 21 heavy (non-hydrogen) atoms. The van der Waals surface area contributed by atoms with E-state index >= 15 is 0 Å². The maximum atomic E-state index is 13.6. The highest BCUT2D eigenvalue weighted by atomic mass is 19.1. The van der Waals surface area contributed by atoms with Gasteiger partial charge in [-0.1, -0.05) is 25.7 Å². The van der Waals surface area contributed by atoms with Gasteiger partial charge in [-0.15, -0.1) is 0 Å². The second-order valence-electron chi connectivity index (χ2n) is 5.41. The summed E-state index contributed by atoms with van der Waals surface area (Å²) in [4.78, 5) is 12.5. The predicted octanol–water partition coefficient (Wildman–Crippen LogP) is 3.64. The van der Waals surface area contributed by atoms with E-state index in [1.165, 1.54) is 19.2 Å². The van der Waals surface area contributed by atoms with Crippen molar-refractivity contribution in [1.29, 1.82) is 5.26 Å². The van der Waals surface area contributed by atoms with E-state index in [0.29, 0.717) is 18.5 Å². The van der Waals surface area contributed by atoms with Crippen LogP contribution in [0.5, 0.6) is 5.75 Å². The van der Waals surface area contributed by atoms with Crippen molar-refractivity contribution in [2.24, 2.45) is 5.41 Å². The Morgan fingerprint density at radius 1 is 1.33 bits per heavy atom. The first-order chi connectivity index (χ1) is 10.1. The molecule has 0 atom stereocenters. The van der Waals surface area contributed by atoms with Crippen LogP contribution in [0.15, 0.2) is 18.2 Å². The van der Waals surface area contributed by atoms with Crippen molar-refractivity contribution in [2.45, 2.75) is 38.5 Å². The van der Waals surface area contributed by atoms with Gasteiger partial charge in [0.2, 0.25) is 5.91 Å². The molecule has 112 valence electrons. The van der Waals surface area contributed by atoms with Crippen LogP contribution in [0.2, 0.25) is 0 Å². The van der Waals surface area contributed by atoms with Gasteiger partial charge in [0.05, 0.1) is 13.2 Å². The number of carbonyl (C=O) groups is 1. The number of rotatable bonds is 3. The highest BCUT2D eigenvalue weighted by Crippen LogP contribution is 2.35. The minimum Gasteiger partial charge on any atom is -0.494 e. The number of anilines is 1. The summed E-state index contributed by atoms with van der Waals surface area (Å²) in [6.07, 6.45) is 4.97. The van der Waals surface area contributed by atoms with Gasteiger partial charge >= 0.3 is 0 Å². The summed E-state index contributed by atoms with van der Waals surface area (Å²) in [5.74, 6) is -0.754. The molecule has 0 radical (unpaired) electrons. The Balaban J connectivity index is 2.16. The number of nitrogens with zero attached hydrogens (tertiary/aromatic N) is 1. The fraction of sp³-hybridized carbons (Fsp3) is 0.500. The number of halogens is 1. The second kappa shape index (κ2) is 6.57. The average Bonchev–Trinajstić information content (AvgIpc) is 2.74. The Kier molecular flexibility index (Phi) is 4.79. The molecule has 0 unspecified atom stereocenters. The topological polar surface area (TPSA) is 62.1 Å². The summed E-state index contributed by atoms with van der Waals surface area (Å²) in [6.45, 7) is 0. The van der Waals surface area contributed by atoms with Gasteiger partial charge in [-0.05, 0) is 25.0 Å². The van der Waals surface area contributed by atoms with E-state index in [-0.39, 0.29) is 11.7 Å². The predicted molar refractivity (Wildman–Crippen MR) is 77.3 cm³/mol. The summed E-state index contributed by atoms with van der Waals surface area (Å²) in [6, 6.07) is 6.42. The number of amides is 1. The average molecular weight is 290 g/mol. The van der Waals surface area contributed by atoms with E-state index in [9.17, 15) is 14.4 Å². The number of carbonyl (C=O) groups excluding carboxylic acids is 1. The molecule has 0 bridgehead atoms. The quantitative estimate of drug-likeness (QED) is 0.864. The van der Waals surface area contributed by atoms with Crippen molar-refractivity contribution in [3.63, 3.8) is 0 Å². The fourth-order valence-corrected chi connectivity index (χ4v) is 2.72. The van der Waals surface area contributed by atoms with Crippen molar-refractivity contribution in [3.8, 4) is 11.8 Å². The second-order valence-corrected chi connectivity index (χ2v) is 5.41. The Morgan fingerprint density at radius 2 is 2.00 bits per heavy atom. The molecule has 1 N–H and O–H groups in total. The van der Waals surface area contributed by atoms with Gasteiger partial charge < -0.3 is 10.1 Å². The minimum absolute atomic E-state index is 0.123. The number of hydrogen-bond donors (Lipinski definition) is 1. The Bertz CT molecular complexity index is 558. The molecule has 0 aliphatic heterocycles. The summed E-state index contributed by atoms with van der Waals surface area (Å²) < 4.78 is 18.5. The molecular formula is C16H19FN2O2. The third-order valence-corrected chi connectivity index (χ3v) is 4.02. The maximum absolute atomic E-state index is 13.6. The number of hydrogen-bond acceptors (Lipinski definition) is 3. The first-order valence-electron chi connectivity index (χ1n) is 7.17. The van der Waals surface area contributed by atoms with Gasteiger partial charge in [-0.2, -0.15) is 5.26 Å². The van der Waals surface area contributed by atoms with Gasteiger partial charge in [0.15, 0.2) is 11.6 Å². The van der Waals surface area contributed by atoms with Crippen LogP contribution in [0.25, 0.3) is 0 Å². The lowest BCUT2D eigenvalue weighted by atomic mass is 9.81. The van der Waals surface area contributed by atoms with Gasteiger partial charge in [-0.3, -0.25) is 4.79 Å². The van der Waals surface area contributed by atoms with Crippen LogP contribution in [0.3, 0.4) is 0 Å². The first-order valence-corrected chi connectivity index (χ1v) is 7.17. The zero-order valence-corrected chi connectivity index (χ0v) is 12.1. The molecule has 1 aliphatic rings. The van der Waals surface area contributed by atoms with Crippen molar-refractivity contribution in [1.82, 2.24) is 0 Å². The Labute approximate surface area is 123 Å². The molecule has 2 rings (SSSR count). The summed E-state index contributed by atoms with van der Waals surface area (Å²) in [5.41, 5.74) is -0.649. The lowest BCUT2D eigenvalue weighted by Crippen LogP contribution is -2.34. The number of methoxy groups -OCH3 is 1. The van der Waals surface area contributed by atoms with E-state index in [0.717, 1.165) is 25.7 Å². The third kappa shape index (κ3) is 3.33. The molecule has 0 spiro atoms. The van der Waals surface area contributed by atoms with Gasteiger partial charge in [0, 0.05) is 11.8 Å². The van der Waals surface area contributed by atoms with Crippen molar-refractivity contribution in [2.75, 3.05) is 12.4 Å². The van der Waals surface area contributed by atoms with Gasteiger partial charge in [-0.25, -0.2) is 4.39 Å². The number of nitrogens with one attached hydrogen (secondary N) is 1. The molecule has 1 aliphatic carbocycles. The van der Waals surface area contributed by atoms with Crippen LogP contribution < -0.4 is 10.1 Å². The first kappa shape index (κ1) is 15.3. The zero-order chi connectivity index (χ0) is 15.3. The van der Waals surface area contributed by atoms with E-state index in [2.05, 4.69) is 11.4 Å². The normalized spacial score (nSPS) is 17.4. The van der Waals surface area contributed by atoms with Crippen LogP contribution in [-0.2, 0) is 4.79 Å². The smallest absolute Gasteiger partial charge is 0.244 e. The lowest BCUT2D eigenvalue weighted by molar-refractivity contribution is -0.123. The van der Waals surface area contributed by atoms with Crippen LogP contribution >= 0.6 is 0 Å². The van der Waals surface area contributed by atoms with E-state index in [1.807, 2.05) is 0 Å². The molecule has 0 aromatic heterocycles. The number of ether oxygens (including phenoxy) is 1. The van der Waals surface area contributed by atoms with Crippen LogP contribution in [0, 0.1) is 22.6 Å². The standard InChI is InChI=1S/C16H19FN2O2/c1-21-14-7-6-12(10-13(14)17)19-15(20)16(11-18)8-4-2-3-5-9-16/h6-7,10H,2-5,8-9H2,1H3,(H,19,20). The van der Waals surface area contributed by atoms with Crippen LogP contribution in [0.4, 0.5) is 10.1 Å². The van der Waals surface area contributed by atoms with Crippen molar-refractivity contribution in [3.05, 3.63) is 24.0 Å². The van der Waals surface area contributed by atoms with Crippen molar-refractivity contribution >= 4 is 11.6 Å². The minimum atomic E-state index is -0.993. The molecule has 1 aromatic rings. The van der Waals surface area contributed by atoms with E-state index < -0.39 is 11.2 Å². The molecular weight excluding hydrogens is 271 g/mol. The zero-order valence-electron chi connectivity index (χ0n) is 12.1. The van der Waals surface area contributed by atoms with Crippen LogP contribution in [-0.4, -0.2) is 13.0 Å². The Morgan fingerprint density at radius 3 is 2.52 bits per heavy atom. The molecule has 5 heteroatoms. The summed E-state index contributed by atoms with van der Waals surface area (Å²) in [5, 5.41) is 12.1. The van der Waals surface area contributed by atoms with Gasteiger partial charge in [0.25, 0.3) is 0 Å². The van der Waals surface area contributed by atoms with Crippen molar-refractivity contribution < 1.29 is 13.9 Å². The SMILES string of the molecule is COc1ccc(NC(=O)C2(C#N)CCCCCC2)cc1F. The molecule has 1 fully saturated rings. The highest BCUT2D eigenvalue weighted by molar-refractivity contribution is 5.97. The highest BCUT2D eigenvalue weighted by Gasteiger charge is 2.38. The van der Waals surface area contributed by atoms with Gasteiger partial charge in [0.1, 0.15) is 5.41 Å². The largest absolute Gasteiger partial charge is 0.494 e. The fourth-order valence-electron chi connectivity index (χ4n) is 2.72. The summed E-state index contributed by atoms with van der Waals surface area (Å²) in [7, 11) is 1.38. The molecule has 1 aromatic carbocycles. The molecule has 1 saturated carbocycles. The lowest BCUT2D eigenvalue weighted by Gasteiger charge is -2.23. The third-order valence-electron chi connectivity index (χ3n) is 4.02. The number of benzene rings is 1. The molecule has 0 heterocycles. The van der Waals surface area contributed by atoms with E-state index in [4.69, 9.17) is 4.74 Å². The Hall–Kier alpha value is -2.09. The van der Waals surface area contributed by atoms with Crippen LogP contribution in [0.1, 0.15) is 38.5 Å². The summed E-state index contributed by atoms with van der Waals surface area (Å²) >= 11 is 0.